The van der Waals surface area contributed by atoms with Crippen LogP contribution in [0.25, 0.3) is 10.9 Å². The second-order valence-electron chi connectivity index (χ2n) is 6.33. The molecule has 8 nitrogen and oxygen atoms in total. The van der Waals surface area contributed by atoms with Gasteiger partial charge in [0.15, 0.2) is 0 Å². The van der Waals surface area contributed by atoms with Crippen LogP contribution in [0, 0.1) is 5.82 Å². The molecule has 146 valence electrons. The smallest absolute Gasteiger partial charge is 0.144 e. The topological polar surface area (TPSA) is 106 Å². The van der Waals surface area contributed by atoms with Crippen molar-refractivity contribution in [3.05, 3.63) is 71.9 Å². The average molecular weight is 390 g/mol. The van der Waals surface area contributed by atoms with Crippen LogP contribution in [0.3, 0.4) is 0 Å². The first-order valence-corrected chi connectivity index (χ1v) is 8.91. The van der Waals surface area contributed by atoms with E-state index in [2.05, 4.69) is 30.9 Å². The molecule has 4 aromatic rings. The first-order chi connectivity index (χ1) is 14.1. The zero-order valence-corrected chi connectivity index (χ0v) is 15.7. The van der Waals surface area contributed by atoms with Crippen LogP contribution in [0.2, 0.25) is 0 Å². The molecule has 0 saturated heterocycles. The van der Waals surface area contributed by atoms with Gasteiger partial charge in [0.05, 0.1) is 30.0 Å². The molecule has 0 radical (unpaired) electrons. The summed E-state index contributed by atoms with van der Waals surface area (Å²) in [5.41, 5.74) is 11.8. The monoisotopic (exact) mass is 390 g/mol. The Morgan fingerprint density at radius 3 is 2.93 bits per heavy atom. The van der Waals surface area contributed by atoms with Gasteiger partial charge in [-0.1, -0.05) is 12.1 Å². The van der Waals surface area contributed by atoms with E-state index in [1.54, 1.807) is 25.5 Å². The van der Waals surface area contributed by atoms with Gasteiger partial charge in [-0.3, -0.25) is 4.68 Å². The van der Waals surface area contributed by atoms with Gasteiger partial charge >= 0.3 is 0 Å². The molecule has 0 fully saturated rings. The number of nitrogen functional groups attached to an aromatic ring is 1. The maximum Gasteiger partial charge on any atom is 0.144 e. The number of halogens is 1. The summed E-state index contributed by atoms with van der Waals surface area (Å²) in [6.07, 6.45) is 4.73. The van der Waals surface area contributed by atoms with Crippen LogP contribution in [-0.4, -0.2) is 33.0 Å². The predicted molar refractivity (Wildman–Crippen MR) is 112 cm³/mol. The van der Waals surface area contributed by atoms with Gasteiger partial charge in [-0.15, -0.1) is 0 Å². The maximum absolute atomic E-state index is 13.4. The van der Waals surface area contributed by atoms with Gasteiger partial charge in [-0.05, 0) is 35.9 Å². The summed E-state index contributed by atoms with van der Waals surface area (Å²) < 4.78 is 15.3. The first kappa shape index (κ1) is 18.4. The summed E-state index contributed by atoms with van der Waals surface area (Å²) in [6.45, 7) is 0.487. The number of hydrazone groups is 1. The van der Waals surface area contributed by atoms with Crippen molar-refractivity contribution in [2.75, 3.05) is 18.1 Å². The highest BCUT2D eigenvalue weighted by molar-refractivity contribution is 5.93. The number of nitrogens with one attached hydrogen (secondary N) is 2. The Morgan fingerprint density at radius 1 is 1.21 bits per heavy atom. The molecule has 0 bridgehead atoms. The summed E-state index contributed by atoms with van der Waals surface area (Å²) in [5, 5.41) is 12.6. The lowest BCUT2D eigenvalue weighted by Crippen LogP contribution is -2.06. The molecular formula is C20H19FN8. The van der Waals surface area contributed by atoms with E-state index in [0.29, 0.717) is 23.7 Å². The van der Waals surface area contributed by atoms with Crippen LogP contribution < -0.4 is 16.5 Å². The van der Waals surface area contributed by atoms with Crippen LogP contribution in [0.15, 0.2) is 60.1 Å². The van der Waals surface area contributed by atoms with Crippen molar-refractivity contribution in [2.24, 2.45) is 5.10 Å². The maximum atomic E-state index is 13.4. The minimum Gasteiger partial charge on any atom is -0.383 e. The van der Waals surface area contributed by atoms with E-state index in [0.717, 1.165) is 22.2 Å². The van der Waals surface area contributed by atoms with Gasteiger partial charge in [-0.25, -0.2) is 14.4 Å². The van der Waals surface area contributed by atoms with Crippen LogP contribution in [0.5, 0.6) is 0 Å². The molecule has 0 aliphatic rings. The third kappa shape index (κ3) is 3.98. The average Bonchev–Trinajstić information content (AvgIpc) is 3.10. The van der Waals surface area contributed by atoms with Gasteiger partial charge in [0.1, 0.15) is 23.8 Å². The lowest BCUT2D eigenvalue weighted by molar-refractivity contribution is 0.621. The number of rotatable bonds is 6. The lowest BCUT2D eigenvalue weighted by Gasteiger charge is -2.10. The second kappa shape index (κ2) is 7.93. The van der Waals surface area contributed by atoms with Gasteiger partial charge < -0.3 is 16.5 Å². The molecule has 29 heavy (non-hydrogen) atoms. The standard InChI is InChI=1S/C20H19FN8/c1-23-26-10-17-19(22)24-12-25-20(17)28-16-5-6-18-14(8-16)9-27-29(18)11-13-3-2-4-15(21)7-13/h2-10,12,23H,11H2,1H3,(H3,22,24,25,28). The molecular weight excluding hydrogens is 371 g/mol. The molecule has 0 atom stereocenters. The Kier molecular flexibility index (Phi) is 5.02. The van der Waals surface area contributed by atoms with E-state index < -0.39 is 0 Å². The third-order valence-corrected chi connectivity index (χ3v) is 4.36. The highest BCUT2D eigenvalue weighted by Gasteiger charge is 2.10. The zero-order valence-electron chi connectivity index (χ0n) is 15.7. The molecule has 9 heteroatoms. The molecule has 2 aromatic heterocycles. The van der Waals surface area contributed by atoms with Crippen molar-refractivity contribution in [3.63, 3.8) is 0 Å². The molecule has 4 N–H and O–H groups in total. The van der Waals surface area contributed by atoms with E-state index >= 15 is 0 Å². The van der Waals surface area contributed by atoms with Gasteiger partial charge in [0.25, 0.3) is 0 Å². The van der Waals surface area contributed by atoms with E-state index in [1.165, 1.54) is 18.5 Å². The third-order valence-electron chi connectivity index (χ3n) is 4.36. The second-order valence-corrected chi connectivity index (χ2v) is 6.33. The SMILES string of the molecule is CNN=Cc1c(N)ncnc1Nc1ccc2c(cnn2Cc2cccc(F)c2)c1. The number of nitrogens with zero attached hydrogens (tertiary/aromatic N) is 5. The molecule has 0 unspecified atom stereocenters. The Bertz CT molecular complexity index is 1180. The van der Waals surface area contributed by atoms with Crippen LogP contribution in [0.1, 0.15) is 11.1 Å². The van der Waals surface area contributed by atoms with E-state index in [4.69, 9.17) is 5.73 Å². The Morgan fingerprint density at radius 2 is 2.10 bits per heavy atom. The van der Waals surface area contributed by atoms with Gasteiger partial charge in [0.2, 0.25) is 0 Å². The summed E-state index contributed by atoms with van der Waals surface area (Å²) in [7, 11) is 1.69. The number of fused-ring (bicyclic) bond motifs is 1. The molecule has 4 rings (SSSR count). The normalized spacial score (nSPS) is 11.2. The van der Waals surface area contributed by atoms with Crippen LogP contribution in [0.4, 0.5) is 21.7 Å². The number of hydrogen-bond acceptors (Lipinski definition) is 7. The number of nitrogens with two attached hydrogens (primary N) is 1. The highest BCUT2D eigenvalue weighted by atomic mass is 19.1. The lowest BCUT2D eigenvalue weighted by atomic mass is 10.2. The molecule has 2 aromatic carbocycles. The molecule has 2 heterocycles. The van der Waals surface area contributed by atoms with Gasteiger partial charge in [0, 0.05) is 18.1 Å². The summed E-state index contributed by atoms with van der Waals surface area (Å²) in [5.74, 6) is 0.612. The number of aromatic nitrogens is 4. The minimum atomic E-state index is -0.257. The summed E-state index contributed by atoms with van der Waals surface area (Å²) >= 11 is 0. The van der Waals surface area contributed by atoms with Crippen LogP contribution in [-0.2, 0) is 6.54 Å². The van der Waals surface area contributed by atoms with E-state index in [9.17, 15) is 4.39 Å². The van der Waals surface area contributed by atoms with Gasteiger partial charge in [-0.2, -0.15) is 10.2 Å². The van der Waals surface area contributed by atoms with E-state index in [1.807, 2.05) is 28.9 Å². The molecule has 0 spiro atoms. The summed E-state index contributed by atoms with van der Waals surface area (Å²) in [4.78, 5) is 8.26. The van der Waals surface area contributed by atoms with Crippen molar-refractivity contribution in [1.82, 2.24) is 25.2 Å². The van der Waals surface area contributed by atoms with Crippen molar-refractivity contribution in [2.45, 2.75) is 6.54 Å². The molecule has 0 saturated carbocycles. The zero-order chi connectivity index (χ0) is 20.2. The minimum absolute atomic E-state index is 0.257. The number of benzene rings is 2. The predicted octanol–water partition coefficient (Wildman–Crippen LogP) is 2.89. The highest BCUT2D eigenvalue weighted by Crippen LogP contribution is 2.24. The van der Waals surface area contributed by atoms with Crippen LogP contribution >= 0.6 is 0 Å². The van der Waals surface area contributed by atoms with Crippen molar-refractivity contribution < 1.29 is 4.39 Å². The first-order valence-electron chi connectivity index (χ1n) is 8.91. The quantitative estimate of drug-likeness (QED) is 0.345. The summed E-state index contributed by atoms with van der Waals surface area (Å²) in [6, 6.07) is 12.3. The van der Waals surface area contributed by atoms with E-state index in [-0.39, 0.29) is 5.82 Å². The Labute approximate surface area is 166 Å². The largest absolute Gasteiger partial charge is 0.383 e. The molecule has 0 aliphatic heterocycles. The fraction of sp³-hybridized carbons (Fsp3) is 0.100. The molecule has 0 aliphatic carbocycles. The Balaban J connectivity index is 1.61. The van der Waals surface area contributed by atoms with Crippen molar-refractivity contribution in [3.8, 4) is 0 Å². The van der Waals surface area contributed by atoms with Crippen molar-refractivity contribution >= 4 is 34.4 Å². The molecule has 0 amide bonds. The fourth-order valence-electron chi connectivity index (χ4n) is 3.00. The fourth-order valence-corrected chi connectivity index (χ4v) is 3.00. The number of hydrogen-bond donors (Lipinski definition) is 3. The Hall–Kier alpha value is -4.01. The van der Waals surface area contributed by atoms with Crippen molar-refractivity contribution in [1.29, 1.82) is 0 Å². The number of anilines is 3.